The zero-order valence-corrected chi connectivity index (χ0v) is 14.1. The van der Waals surface area contributed by atoms with Gasteiger partial charge in [-0.25, -0.2) is 9.97 Å². The van der Waals surface area contributed by atoms with Crippen LogP contribution in [0.3, 0.4) is 0 Å². The zero-order chi connectivity index (χ0) is 18.2. The summed E-state index contributed by atoms with van der Waals surface area (Å²) in [6, 6.07) is 9.23. The molecule has 5 rings (SSSR count). The van der Waals surface area contributed by atoms with E-state index in [1.165, 1.54) is 0 Å². The fourth-order valence-electron chi connectivity index (χ4n) is 3.07. The minimum absolute atomic E-state index is 0.00330. The summed E-state index contributed by atoms with van der Waals surface area (Å²) in [6.45, 7) is 1.07. The number of likely N-dealkylation sites (tertiary alicyclic amines) is 1. The first-order valence-corrected chi connectivity index (χ1v) is 8.50. The van der Waals surface area contributed by atoms with Gasteiger partial charge in [-0.2, -0.15) is 4.98 Å². The number of para-hydroxylation sites is 1. The standard InChI is InChI=1S/C18H14N6O3/c25-15(8-13-12-4-1-2-5-14(12)26-22-13)24-9-11(10-24)18-21-17(23-27-18)16-19-6-3-7-20-16/h1-7,11H,8-10H2. The maximum atomic E-state index is 12.5. The Labute approximate surface area is 153 Å². The lowest BCUT2D eigenvalue weighted by Gasteiger charge is -2.37. The Balaban J connectivity index is 1.23. The van der Waals surface area contributed by atoms with Crippen LogP contribution in [0.1, 0.15) is 17.5 Å². The first-order valence-electron chi connectivity index (χ1n) is 8.50. The molecule has 9 nitrogen and oxygen atoms in total. The van der Waals surface area contributed by atoms with Gasteiger partial charge in [0.2, 0.25) is 23.4 Å². The van der Waals surface area contributed by atoms with Crippen LogP contribution >= 0.6 is 0 Å². The second-order valence-corrected chi connectivity index (χ2v) is 6.33. The van der Waals surface area contributed by atoms with Crippen molar-refractivity contribution in [2.24, 2.45) is 0 Å². The number of carbonyl (C=O) groups is 1. The average molecular weight is 362 g/mol. The molecule has 0 N–H and O–H groups in total. The van der Waals surface area contributed by atoms with Gasteiger partial charge in [-0.05, 0) is 18.2 Å². The molecule has 0 radical (unpaired) electrons. The molecule has 0 unspecified atom stereocenters. The van der Waals surface area contributed by atoms with Crippen LogP contribution < -0.4 is 0 Å². The first-order chi connectivity index (χ1) is 13.3. The van der Waals surface area contributed by atoms with Gasteiger partial charge in [0.25, 0.3) is 0 Å². The second-order valence-electron chi connectivity index (χ2n) is 6.33. The summed E-state index contributed by atoms with van der Waals surface area (Å²) in [6.07, 6.45) is 3.45. The maximum Gasteiger partial charge on any atom is 0.240 e. The number of amides is 1. The maximum absolute atomic E-state index is 12.5. The third-order valence-corrected chi connectivity index (χ3v) is 4.56. The third-order valence-electron chi connectivity index (χ3n) is 4.56. The van der Waals surface area contributed by atoms with Gasteiger partial charge < -0.3 is 13.9 Å². The van der Waals surface area contributed by atoms with Gasteiger partial charge in [0.1, 0.15) is 5.69 Å². The Kier molecular flexibility index (Phi) is 3.63. The summed E-state index contributed by atoms with van der Waals surface area (Å²) in [5.74, 6) is 1.28. The van der Waals surface area contributed by atoms with E-state index in [0.717, 1.165) is 5.39 Å². The zero-order valence-electron chi connectivity index (χ0n) is 14.1. The predicted molar refractivity (Wildman–Crippen MR) is 92.4 cm³/mol. The highest BCUT2D eigenvalue weighted by Gasteiger charge is 2.36. The quantitative estimate of drug-likeness (QED) is 0.541. The molecule has 1 aliphatic heterocycles. The lowest BCUT2D eigenvalue weighted by atomic mass is 9.99. The minimum atomic E-state index is -0.00330. The highest BCUT2D eigenvalue weighted by Crippen LogP contribution is 2.28. The van der Waals surface area contributed by atoms with E-state index < -0.39 is 0 Å². The van der Waals surface area contributed by atoms with E-state index in [9.17, 15) is 4.79 Å². The fraction of sp³-hybridized carbons (Fsp3) is 0.222. The number of hydrogen-bond donors (Lipinski definition) is 0. The Morgan fingerprint density at radius 2 is 1.85 bits per heavy atom. The molecule has 0 bridgehead atoms. The summed E-state index contributed by atoms with van der Waals surface area (Å²) < 4.78 is 10.6. The van der Waals surface area contributed by atoms with E-state index in [-0.39, 0.29) is 18.2 Å². The summed E-state index contributed by atoms with van der Waals surface area (Å²) in [4.78, 5) is 26.8. The summed E-state index contributed by atoms with van der Waals surface area (Å²) in [5, 5.41) is 8.80. The van der Waals surface area contributed by atoms with Crippen molar-refractivity contribution in [2.45, 2.75) is 12.3 Å². The highest BCUT2D eigenvalue weighted by atomic mass is 16.5. The van der Waals surface area contributed by atoms with Gasteiger partial charge in [0.05, 0.1) is 12.3 Å². The van der Waals surface area contributed by atoms with Gasteiger partial charge >= 0.3 is 0 Å². The third kappa shape index (κ3) is 2.82. The molecule has 1 fully saturated rings. The van der Waals surface area contributed by atoms with Crippen molar-refractivity contribution in [1.82, 2.24) is 30.2 Å². The number of fused-ring (bicyclic) bond motifs is 1. The van der Waals surface area contributed by atoms with Gasteiger partial charge in [-0.3, -0.25) is 4.79 Å². The van der Waals surface area contributed by atoms with E-state index in [1.807, 2.05) is 24.3 Å². The van der Waals surface area contributed by atoms with Gasteiger partial charge in [-0.15, -0.1) is 0 Å². The van der Waals surface area contributed by atoms with Crippen molar-refractivity contribution >= 4 is 16.9 Å². The molecule has 1 saturated heterocycles. The van der Waals surface area contributed by atoms with Crippen LogP contribution in [0.25, 0.3) is 22.6 Å². The van der Waals surface area contributed by atoms with Crippen LogP contribution in [0.4, 0.5) is 0 Å². The molecule has 1 aromatic carbocycles. The largest absolute Gasteiger partial charge is 0.356 e. The molecule has 1 amide bonds. The molecule has 27 heavy (non-hydrogen) atoms. The lowest BCUT2D eigenvalue weighted by molar-refractivity contribution is -0.135. The van der Waals surface area contributed by atoms with Gasteiger partial charge in [0, 0.05) is 30.9 Å². The highest BCUT2D eigenvalue weighted by molar-refractivity contribution is 5.86. The molecule has 1 aliphatic rings. The van der Waals surface area contributed by atoms with E-state index >= 15 is 0 Å². The van der Waals surface area contributed by atoms with Gasteiger partial charge in [0.15, 0.2) is 5.58 Å². The smallest absolute Gasteiger partial charge is 0.240 e. The van der Waals surface area contributed by atoms with Crippen LogP contribution in [0.5, 0.6) is 0 Å². The number of hydrogen-bond acceptors (Lipinski definition) is 8. The fourth-order valence-corrected chi connectivity index (χ4v) is 3.07. The molecule has 4 heterocycles. The topological polar surface area (TPSA) is 111 Å². The molecular weight excluding hydrogens is 348 g/mol. The molecule has 9 heteroatoms. The van der Waals surface area contributed by atoms with Crippen molar-refractivity contribution in [3.05, 3.63) is 54.3 Å². The number of benzene rings is 1. The van der Waals surface area contributed by atoms with E-state index in [1.54, 1.807) is 23.4 Å². The van der Waals surface area contributed by atoms with E-state index in [0.29, 0.717) is 41.9 Å². The normalized spacial score (nSPS) is 14.4. The van der Waals surface area contributed by atoms with Crippen molar-refractivity contribution in [3.63, 3.8) is 0 Å². The number of carbonyl (C=O) groups excluding carboxylic acids is 1. The molecule has 4 aromatic rings. The monoisotopic (exact) mass is 362 g/mol. The Bertz CT molecular complexity index is 1100. The van der Waals surface area contributed by atoms with E-state index in [4.69, 9.17) is 9.05 Å². The van der Waals surface area contributed by atoms with E-state index in [2.05, 4.69) is 25.3 Å². The van der Waals surface area contributed by atoms with Crippen LogP contribution in [0, 0.1) is 0 Å². The molecule has 0 saturated carbocycles. The minimum Gasteiger partial charge on any atom is -0.356 e. The van der Waals surface area contributed by atoms with Gasteiger partial charge in [-0.1, -0.05) is 22.4 Å². The first kappa shape index (κ1) is 15.6. The average Bonchev–Trinajstić information content (AvgIpc) is 3.29. The Morgan fingerprint density at radius 1 is 1.04 bits per heavy atom. The Morgan fingerprint density at radius 3 is 2.70 bits per heavy atom. The van der Waals surface area contributed by atoms with Crippen LogP contribution in [0.2, 0.25) is 0 Å². The van der Waals surface area contributed by atoms with Crippen molar-refractivity contribution < 1.29 is 13.8 Å². The number of aromatic nitrogens is 5. The summed E-state index contributed by atoms with van der Waals surface area (Å²) in [5.41, 5.74) is 1.34. The van der Waals surface area contributed by atoms with Crippen molar-refractivity contribution in [3.8, 4) is 11.6 Å². The summed E-state index contributed by atoms with van der Waals surface area (Å²) in [7, 11) is 0. The number of rotatable bonds is 4. The summed E-state index contributed by atoms with van der Waals surface area (Å²) >= 11 is 0. The number of nitrogens with zero attached hydrogens (tertiary/aromatic N) is 6. The Hall–Kier alpha value is -3.62. The van der Waals surface area contributed by atoms with Crippen LogP contribution in [-0.4, -0.2) is 49.2 Å². The molecule has 0 spiro atoms. The molecule has 0 atom stereocenters. The molecule has 0 aliphatic carbocycles. The second kappa shape index (κ2) is 6.27. The predicted octanol–water partition coefficient (Wildman–Crippen LogP) is 1.84. The van der Waals surface area contributed by atoms with Crippen LogP contribution in [0.15, 0.2) is 51.8 Å². The lowest BCUT2D eigenvalue weighted by Crippen LogP contribution is -2.49. The van der Waals surface area contributed by atoms with Crippen LogP contribution in [-0.2, 0) is 11.2 Å². The van der Waals surface area contributed by atoms with Crippen molar-refractivity contribution in [2.75, 3.05) is 13.1 Å². The van der Waals surface area contributed by atoms with Crippen molar-refractivity contribution in [1.29, 1.82) is 0 Å². The molecule has 3 aromatic heterocycles. The molecular formula is C18H14N6O3. The molecule has 134 valence electrons. The SMILES string of the molecule is O=C(Cc1noc2ccccc12)N1CC(c2nc(-c3ncccn3)no2)C1.